The van der Waals surface area contributed by atoms with Gasteiger partial charge in [0.1, 0.15) is 0 Å². The Morgan fingerprint density at radius 3 is 2.96 bits per heavy atom. The van der Waals surface area contributed by atoms with Gasteiger partial charge < -0.3 is 15.5 Å². The summed E-state index contributed by atoms with van der Waals surface area (Å²) >= 11 is 1.72. The van der Waals surface area contributed by atoms with E-state index in [1.807, 2.05) is 7.05 Å². The Morgan fingerprint density at radius 1 is 1.30 bits per heavy atom. The van der Waals surface area contributed by atoms with E-state index in [2.05, 4.69) is 68.5 Å². The zero-order valence-corrected chi connectivity index (χ0v) is 14.6. The zero-order valence-electron chi connectivity index (χ0n) is 13.7. The Balaban J connectivity index is 1.51. The molecule has 1 unspecified atom stereocenters. The van der Waals surface area contributed by atoms with Crippen LogP contribution in [0.5, 0.6) is 0 Å². The van der Waals surface area contributed by atoms with E-state index in [4.69, 9.17) is 0 Å². The first kappa shape index (κ1) is 15.9. The third-order valence-electron chi connectivity index (χ3n) is 4.28. The van der Waals surface area contributed by atoms with Crippen molar-refractivity contribution in [1.82, 2.24) is 10.6 Å². The molecular formula is C18H24N4S. The van der Waals surface area contributed by atoms with E-state index >= 15 is 0 Å². The van der Waals surface area contributed by atoms with E-state index in [9.17, 15) is 0 Å². The smallest absolute Gasteiger partial charge is 0.191 e. The summed E-state index contributed by atoms with van der Waals surface area (Å²) < 4.78 is 0. The van der Waals surface area contributed by atoms with Crippen molar-refractivity contribution in [3.05, 3.63) is 52.2 Å². The number of rotatable bonds is 5. The highest BCUT2D eigenvalue weighted by molar-refractivity contribution is 7.07. The molecule has 0 bridgehead atoms. The molecule has 0 saturated carbocycles. The van der Waals surface area contributed by atoms with Gasteiger partial charge in [-0.15, -0.1) is 0 Å². The van der Waals surface area contributed by atoms with E-state index in [0.29, 0.717) is 6.04 Å². The van der Waals surface area contributed by atoms with E-state index in [0.717, 1.165) is 32.0 Å². The number of nitrogens with zero attached hydrogens (tertiary/aromatic N) is 2. The summed E-state index contributed by atoms with van der Waals surface area (Å²) in [6.07, 6.45) is 1.14. The summed E-state index contributed by atoms with van der Waals surface area (Å²) in [6, 6.07) is 11.3. The van der Waals surface area contributed by atoms with Gasteiger partial charge in [-0.05, 0) is 47.4 Å². The van der Waals surface area contributed by atoms with Crippen LogP contribution in [0.15, 0.2) is 46.1 Å². The largest absolute Gasteiger partial charge is 0.366 e. The van der Waals surface area contributed by atoms with Gasteiger partial charge in [0, 0.05) is 38.4 Å². The molecule has 3 rings (SSSR count). The minimum absolute atomic E-state index is 0.429. The molecule has 122 valence electrons. The molecule has 1 atom stereocenters. The fraction of sp³-hybridized carbons (Fsp3) is 0.389. The predicted molar refractivity (Wildman–Crippen MR) is 99.5 cm³/mol. The molecule has 0 saturated heterocycles. The van der Waals surface area contributed by atoms with Gasteiger partial charge in [0.05, 0.1) is 0 Å². The van der Waals surface area contributed by atoms with Gasteiger partial charge in [-0.3, -0.25) is 4.99 Å². The fourth-order valence-corrected chi connectivity index (χ4v) is 3.64. The van der Waals surface area contributed by atoms with Crippen LogP contribution >= 0.6 is 11.3 Å². The normalized spacial score (nSPS) is 15.4. The first-order valence-corrected chi connectivity index (χ1v) is 9.02. The van der Waals surface area contributed by atoms with Crippen molar-refractivity contribution < 1.29 is 0 Å². The summed E-state index contributed by atoms with van der Waals surface area (Å²) in [5, 5.41) is 11.1. The van der Waals surface area contributed by atoms with Crippen molar-refractivity contribution in [3.8, 4) is 0 Å². The number of anilines is 1. The highest BCUT2D eigenvalue weighted by atomic mass is 32.1. The van der Waals surface area contributed by atoms with Crippen molar-refractivity contribution in [2.45, 2.75) is 25.9 Å². The topological polar surface area (TPSA) is 39.7 Å². The van der Waals surface area contributed by atoms with E-state index in [1.165, 1.54) is 16.8 Å². The van der Waals surface area contributed by atoms with Crippen molar-refractivity contribution in [3.63, 3.8) is 0 Å². The Labute approximate surface area is 142 Å². The summed E-state index contributed by atoms with van der Waals surface area (Å²) in [5.41, 5.74) is 4.13. The van der Waals surface area contributed by atoms with E-state index in [-0.39, 0.29) is 0 Å². The van der Waals surface area contributed by atoms with Gasteiger partial charge in [-0.2, -0.15) is 11.3 Å². The minimum Gasteiger partial charge on any atom is -0.366 e. The third-order valence-corrected chi connectivity index (χ3v) is 5.02. The second-order valence-electron chi connectivity index (χ2n) is 5.86. The van der Waals surface area contributed by atoms with Gasteiger partial charge >= 0.3 is 0 Å². The second-order valence-corrected chi connectivity index (χ2v) is 6.64. The monoisotopic (exact) mass is 328 g/mol. The third kappa shape index (κ3) is 3.85. The molecule has 2 N–H and O–H groups in total. The lowest BCUT2D eigenvalue weighted by Gasteiger charge is -2.28. The fourth-order valence-electron chi connectivity index (χ4n) is 2.98. The molecule has 0 aliphatic carbocycles. The first-order valence-electron chi connectivity index (χ1n) is 8.08. The standard InChI is InChI=1S/C18H24N4S/c1-14(22-9-7-16-5-3-4-6-17(16)22)11-20-18(19-2)21-12-15-8-10-23-13-15/h3-6,8,10,13-14H,7,9,11-12H2,1-2H3,(H2,19,20,21). The molecule has 0 amide bonds. The van der Waals surface area contributed by atoms with Crippen LogP contribution in [0.2, 0.25) is 0 Å². The molecule has 5 heteroatoms. The van der Waals surface area contributed by atoms with E-state index in [1.54, 1.807) is 11.3 Å². The minimum atomic E-state index is 0.429. The Morgan fingerprint density at radius 2 is 2.17 bits per heavy atom. The maximum absolute atomic E-state index is 4.31. The summed E-state index contributed by atoms with van der Waals surface area (Å²) in [7, 11) is 1.82. The molecule has 0 spiro atoms. The van der Waals surface area contributed by atoms with Crippen LogP contribution in [0.25, 0.3) is 0 Å². The molecule has 0 radical (unpaired) electrons. The number of hydrogen-bond acceptors (Lipinski definition) is 3. The van der Waals surface area contributed by atoms with Crippen LogP contribution in [0, 0.1) is 0 Å². The highest BCUT2D eigenvalue weighted by Crippen LogP contribution is 2.28. The lowest BCUT2D eigenvalue weighted by molar-refractivity contribution is 0.625. The number of aliphatic imine (C=N–C) groups is 1. The van der Waals surface area contributed by atoms with Crippen LogP contribution in [0.3, 0.4) is 0 Å². The number of benzene rings is 1. The van der Waals surface area contributed by atoms with Crippen LogP contribution < -0.4 is 15.5 Å². The second kappa shape index (κ2) is 7.51. The molecule has 4 nitrogen and oxygen atoms in total. The van der Waals surface area contributed by atoms with Crippen LogP contribution in [-0.4, -0.2) is 32.1 Å². The molecule has 1 aliphatic heterocycles. The Hall–Kier alpha value is -2.01. The number of hydrogen-bond donors (Lipinski definition) is 2. The number of guanidine groups is 1. The van der Waals surface area contributed by atoms with Crippen LogP contribution in [0.4, 0.5) is 5.69 Å². The summed E-state index contributed by atoms with van der Waals surface area (Å²) in [5.74, 6) is 0.857. The van der Waals surface area contributed by atoms with Crippen molar-refractivity contribution >= 4 is 23.0 Å². The van der Waals surface area contributed by atoms with Gasteiger partial charge in [0.15, 0.2) is 5.96 Å². The lowest BCUT2D eigenvalue weighted by Crippen LogP contribution is -2.45. The molecular weight excluding hydrogens is 304 g/mol. The van der Waals surface area contributed by atoms with E-state index < -0.39 is 0 Å². The quantitative estimate of drug-likeness (QED) is 0.655. The maximum Gasteiger partial charge on any atom is 0.191 e. The molecule has 1 aromatic carbocycles. The molecule has 2 heterocycles. The zero-order chi connectivity index (χ0) is 16.1. The molecule has 0 fully saturated rings. The lowest BCUT2D eigenvalue weighted by atomic mass is 10.2. The molecule has 2 aromatic rings. The number of para-hydroxylation sites is 1. The average Bonchev–Trinajstić information content (AvgIpc) is 3.24. The van der Waals surface area contributed by atoms with Gasteiger partial charge in [0.25, 0.3) is 0 Å². The van der Waals surface area contributed by atoms with Gasteiger partial charge in [0.2, 0.25) is 0 Å². The van der Waals surface area contributed by atoms with Crippen LogP contribution in [-0.2, 0) is 13.0 Å². The SMILES string of the molecule is CN=C(NCc1ccsc1)NCC(C)N1CCc2ccccc21. The molecule has 1 aliphatic rings. The Bertz CT molecular complexity index is 651. The number of thiophene rings is 1. The predicted octanol–water partition coefficient (Wildman–Crippen LogP) is 2.86. The Kier molecular flexibility index (Phi) is 5.18. The summed E-state index contributed by atoms with van der Waals surface area (Å²) in [6.45, 7) is 5.05. The first-order chi connectivity index (χ1) is 11.3. The van der Waals surface area contributed by atoms with Crippen molar-refractivity contribution in [1.29, 1.82) is 0 Å². The number of fused-ring (bicyclic) bond motifs is 1. The highest BCUT2D eigenvalue weighted by Gasteiger charge is 2.22. The maximum atomic E-state index is 4.31. The van der Waals surface area contributed by atoms with Gasteiger partial charge in [-0.25, -0.2) is 0 Å². The number of nitrogens with one attached hydrogen (secondary N) is 2. The van der Waals surface area contributed by atoms with Crippen LogP contribution in [0.1, 0.15) is 18.1 Å². The van der Waals surface area contributed by atoms with Gasteiger partial charge in [-0.1, -0.05) is 18.2 Å². The average molecular weight is 328 g/mol. The molecule has 1 aromatic heterocycles. The summed E-state index contributed by atoms with van der Waals surface area (Å²) in [4.78, 5) is 6.79. The van der Waals surface area contributed by atoms with Crippen molar-refractivity contribution in [2.75, 3.05) is 25.0 Å². The van der Waals surface area contributed by atoms with Crippen molar-refractivity contribution in [2.24, 2.45) is 4.99 Å². The molecule has 23 heavy (non-hydrogen) atoms.